The highest BCUT2D eigenvalue weighted by Gasteiger charge is 2.29. The van der Waals surface area contributed by atoms with Crippen molar-refractivity contribution in [2.24, 2.45) is 0 Å². The van der Waals surface area contributed by atoms with E-state index in [1.54, 1.807) is 23.1 Å². The Labute approximate surface area is 198 Å². The molecule has 2 atom stereocenters. The van der Waals surface area contributed by atoms with Crippen molar-refractivity contribution in [1.82, 2.24) is 10.2 Å². The van der Waals surface area contributed by atoms with Gasteiger partial charge >= 0.3 is 0 Å². The van der Waals surface area contributed by atoms with Crippen LogP contribution in [0.15, 0.2) is 46.9 Å². The number of hydrogen-bond acceptors (Lipinski definition) is 3. The molecule has 2 rings (SSSR count). The van der Waals surface area contributed by atoms with Gasteiger partial charge in [-0.2, -0.15) is 0 Å². The molecule has 31 heavy (non-hydrogen) atoms. The fraction of sp³-hybridized carbons (Fsp3) is 0.417. The van der Waals surface area contributed by atoms with Gasteiger partial charge in [0.25, 0.3) is 5.91 Å². The molecule has 0 aromatic heterocycles. The number of nitrogens with one attached hydrogen (secondary N) is 1. The molecule has 0 spiro atoms. The van der Waals surface area contributed by atoms with E-state index in [0.717, 1.165) is 17.5 Å². The first-order valence-corrected chi connectivity index (χ1v) is 11.6. The van der Waals surface area contributed by atoms with Crippen LogP contribution in [0.1, 0.15) is 44.7 Å². The maximum absolute atomic E-state index is 13.2. The predicted molar refractivity (Wildman–Crippen MR) is 128 cm³/mol. The van der Waals surface area contributed by atoms with Crippen molar-refractivity contribution in [2.75, 3.05) is 6.61 Å². The van der Waals surface area contributed by atoms with Crippen LogP contribution in [-0.2, 0) is 16.1 Å². The number of nitrogens with zero attached hydrogens (tertiary/aromatic N) is 1. The van der Waals surface area contributed by atoms with Gasteiger partial charge < -0.3 is 15.0 Å². The lowest BCUT2D eigenvalue weighted by Gasteiger charge is -2.31. The van der Waals surface area contributed by atoms with Crippen LogP contribution in [0.4, 0.5) is 0 Å². The summed E-state index contributed by atoms with van der Waals surface area (Å²) in [4.78, 5) is 27.7. The SMILES string of the molecule is CC[C@H](C)NC(=O)[C@H](CC)N(Cc1ccc(C)cc1)C(=O)COc1ccc(Cl)cc1Br. The summed E-state index contributed by atoms with van der Waals surface area (Å²) in [7, 11) is 0. The number of carbonyl (C=O) groups excluding carboxylic acids is 2. The molecule has 0 aliphatic heterocycles. The van der Waals surface area contributed by atoms with Gasteiger partial charge in [-0.25, -0.2) is 0 Å². The normalized spacial score (nSPS) is 12.7. The van der Waals surface area contributed by atoms with Crippen LogP contribution in [0.3, 0.4) is 0 Å². The highest BCUT2D eigenvalue weighted by molar-refractivity contribution is 9.10. The minimum absolute atomic E-state index is 0.0409. The Morgan fingerprint density at radius 2 is 1.81 bits per heavy atom. The lowest BCUT2D eigenvalue weighted by Crippen LogP contribution is -2.51. The zero-order valence-corrected chi connectivity index (χ0v) is 20.8. The van der Waals surface area contributed by atoms with Crippen LogP contribution in [-0.4, -0.2) is 35.4 Å². The number of ether oxygens (including phenoxy) is 1. The summed E-state index contributed by atoms with van der Waals surface area (Å²) in [6.07, 6.45) is 1.33. The van der Waals surface area contributed by atoms with Crippen LogP contribution in [0.5, 0.6) is 5.75 Å². The highest BCUT2D eigenvalue weighted by Crippen LogP contribution is 2.28. The lowest BCUT2D eigenvalue weighted by molar-refractivity contribution is -0.143. The summed E-state index contributed by atoms with van der Waals surface area (Å²) >= 11 is 9.37. The second kappa shape index (κ2) is 12.1. The lowest BCUT2D eigenvalue weighted by atomic mass is 10.1. The number of carbonyl (C=O) groups is 2. The van der Waals surface area contributed by atoms with Crippen LogP contribution in [0, 0.1) is 6.92 Å². The van der Waals surface area contributed by atoms with E-state index in [0.29, 0.717) is 28.2 Å². The molecule has 1 N–H and O–H groups in total. The second-order valence-corrected chi connectivity index (χ2v) is 8.90. The van der Waals surface area contributed by atoms with E-state index in [4.69, 9.17) is 16.3 Å². The van der Waals surface area contributed by atoms with E-state index in [-0.39, 0.29) is 24.5 Å². The molecule has 5 nitrogen and oxygen atoms in total. The van der Waals surface area contributed by atoms with E-state index in [1.165, 1.54) is 0 Å². The van der Waals surface area contributed by atoms with Gasteiger partial charge in [0.2, 0.25) is 5.91 Å². The third-order valence-corrected chi connectivity index (χ3v) is 5.96. The molecule has 0 saturated heterocycles. The number of amides is 2. The summed E-state index contributed by atoms with van der Waals surface area (Å²) in [5, 5.41) is 3.57. The summed E-state index contributed by atoms with van der Waals surface area (Å²) in [5.41, 5.74) is 2.10. The number of benzene rings is 2. The fourth-order valence-corrected chi connectivity index (χ4v) is 3.86. The Morgan fingerprint density at radius 3 is 2.39 bits per heavy atom. The van der Waals surface area contributed by atoms with Crippen molar-refractivity contribution in [2.45, 2.75) is 59.2 Å². The van der Waals surface area contributed by atoms with Gasteiger partial charge in [-0.3, -0.25) is 9.59 Å². The van der Waals surface area contributed by atoms with Crippen molar-refractivity contribution in [3.05, 3.63) is 63.1 Å². The van der Waals surface area contributed by atoms with E-state index in [9.17, 15) is 9.59 Å². The van der Waals surface area contributed by atoms with Crippen LogP contribution in [0.2, 0.25) is 5.02 Å². The molecule has 0 unspecified atom stereocenters. The van der Waals surface area contributed by atoms with Gasteiger partial charge in [0.1, 0.15) is 11.8 Å². The van der Waals surface area contributed by atoms with Gasteiger partial charge in [0, 0.05) is 17.6 Å². The number of rotatable bonds is 10. The van der Waals surface area contributed by atoms with Crippen molar-refractivity contribution in [3.8, 4) is 5.75 Å². The van der Waals surface area contributed by atoms with E-state index >= 15 is 0 Å². The van der Waals surface area contributed by atoms with E-state index in [1.807, 2.05) is 52.0 Å². The Bertz CT molecular complexity index is 889. The summed E-state index contributed by atoms with van der Waals surface area (Å²) < 4.78 is 6.41. The molecule has 7 heteroatoms. The molecule has 168 valence electrons. The van der Waals surface area contributed by atoms with Crippen molar-refractivity contribution in [1.29, 1.82) is 0 Å². The fourth-order valence-electron chi connectivity index (χ4n) is 3.07. The predicted octanol–water partition coefficient (Wildman–Crippen LogP) is 5.51. The Kier molecular flexibility index (Phi) is 9.85. The molecule has 0 bridgehead atoms. The Balaban J connectivity index is 2.22. The molecular formula is C24H30BrClN2O3. The third kappa shape index (κ3) is 7.54. The summed E-state index contributed by atoms with van der Waals surface area (Å²) in [6.45, 7) is 8.04. The van der Waals surface area contributed by atoms with Gasteiger partial charge in [0.15, 0.2) is 6.61 Å². The minimum atomic E-state index is -0.583. The average Bonchev–Trinajstić information content (AvgIpc) is 2.74. The highest BCUT2D eigenvalue weighted by atomic mass is 79.9. The number of hydrogen-bond donors (Lipinski definition) is 1. The van der Waals surface area contributed by atoms with Gasteiger partial charge in [-0.1, -0.05) is 55.3 Å². The number of halogens is 2. The molecule has 0 heterocycles. The molecule has 0 radical (unpaired) electrons. The average molecular weight is 510 g/mol. The monoisotopic (exact) mass is 508 g/mol. The first-order chi connectivity index (χ1) is 14.7. The third-order valence-electron chi connectivity index (χ3n) is 5.11. The first kappa shape index (κ1) is 25.2. The largest absolute Gasteiger partial charge is 0.483 e. The molecular weight excluding hydrogens is 480 g/mol. The van der Waals surface area contributed by atoms with Gasteiger partial charge in [-0.15, -0.1) is 0 Å². The van der Waals surface area contributed by atoms with Crippen molar-refractivity contribution >= 4 is 39.3 Å². The van der Waals surface area contributed by atoms with Crippen molar-refractivity contribution in [3.63, 3.8) is 0 Å². The minimum Gasteiger partial charge on any atom is -0.483 e. The number of aryl methyl sites for hydroxylation is 1. The van der Waals surface area contributed by atoms with Crippen molar-refractivity contribution < 1.29 is 14.3 Å². The molecule has 2 amide bonds. The van der Waals surface area contributed by atoms with E-state index < -0.39 is 6.04 Å². The van der Waals surface area contributed by atoms with Gasteiger partial charge in [-0.05, 0) is 66.4 Å². The van der Waals surface area contributed by atoms with Crippen LogP contribution in [0.25, 0.3) is 0 Å². The molecule has 2 aromatic rings. The molecule has 0 aliphatic carbocycles. The summed E-state index contributed by atoms with van der Waals surface area (Å²) in [5.74, 6) is 0.115. The second-order valence-electron chi connectivity index (χ2n) is 7.61. The van der Waals surface area contributed by atoms with Gasteiger partial charge in [0.05, 0.1) is 4.47 Å². The maximum Gasteiger partial charge on any atom is 0.261 e. The van der Waals surface area contributed by atoms with E-state index in [2.05, 4.69) is 21.2 Å². The zero-order chi connectivity index (χ0) is 23.0. The summed E-state index contributed by atoms with van der Waals surface area (Å²) in [6, 6.07) is 12.5. The maximum atomic E-state index is 13.2. The Morgan fingerprint density at radius 1 is 1.13 bits per heavy atom. The quantitative estimate of drug-likeness (QED) is 0.459. The van der Waals surface area contributed by atoms with Crippen LogP contribution >= 0.6 is 27.5 Å². The standard InChI is InChI=1S/C24H30BrClN2O3/c1-5-17(4)27-24(30)21(6-2)28(14-18-9-7-16(3)8-10-18)23(29)15-31-22-12-11-19(26)13-20(22)25/h7-13,17,21H,5-6,14-15H2,1-4H3,(H,27,30)/t17-,21-/m0/s1. The smallest absolute Gasteiger partial charge is 0.261 e. The molecule has 0 saturated carbocycles. The molecule has 2 aromatic carbocycles. The Hall–Kier alpha value is -2.05. The topological polar surface area (TPSA) is 58.6 Å². The molecule has 0 fully saturated rings. The zero-order valence-electron chi connectivity index (χ0n) is 18.5. The first-order valence-electron chi connectivity index (χ1n) is 10.5. The van der Waals surface area contributed by atoms with Crippen LogP contribution < -0.4 is 10.1 Å². The molecule has 0 aliphatic rings.